The van der Waals surface area contributed by atoms with Crippen LogP contribution in [0.3, 0.4) is 0 Å². The molecule has 1 aliphatic carbocycles. The molecule has 35 heavy (non-hydrogen) atoms. The summed E-state index contributed by atoms with van der Waals surface area (Å²) in [5, 5.41) is 1.14. The summed E-state index contributed by atoms with van der Waals surface area (Å²) >= 11 is 6.86. The smallest absolute Gasteiger partial charge is 0.344 e. The molecule has 1 aromatic heterocycles. The van der Waals surface area contributed by atoms with Crippen molar-refractivity contribution in [3.8, 4) is 5.75 Å². The van der Waals surface area contributed by atoms with Gasteiger partial charge in [0.2, 0.25) is 0 Å². The van der Waals surface area contributed by atoms with Gasteiger partial charge in [0.15, 0.2) is 5.78 Å². The number of hydrogen-bond acceptors (Lipinski definition) is 4. The van der Waals surface area contributed by atoms with Gasteiger partial charge in [-0.1, -0.05) is 86.1 Å². The van der Waals surface area contributed by atoms with Gasteiger partial charge in [0.1, 0.15) is 22.7 Å². The van der Waals surface area contributed by atoms with Gasteiger partial charge in [-0.05, 0) is 34.7 Å². The number of para-hydroxylation sites is 1. The zero-order valence-electron chi connectivity index (χ0n) is 19.4. The maximum atomic E-state index is 14.0. The molecule has 4 nitrogen and oxygen atoms in total. The van der Waals surface area contributed by atoms with Crippen LogP contribution in [0.2, 0.25) is 5.02 Å². The first-order valence-electron chi connectivity index (χ1n) is 11.6. The number of carbonyl (C=O) groups is 1. The zero-order chi connectivity index (χ0) is 24.4. The van der Waals surface area contributed by atoms with Crippen molar-refractivity contribution >= 4 is 28.4 Å². The monoisotopic (exact) mass is 482 g/mol. The average Bonchev–Trinajstić information content (AvgIpc) is 2.83. The lowest BCUT2D eigenvalue weighted by Gasteiger charge is -2.45. The largest absolute Gasteiger partial charge is 0.460 e. The number of ketones is 1. The van der Waals surface area contributed by atoms with Crippen LogP contribution < -0.4 is 10.4 Å². The lowest BCUT2D eigenvalue weighted by atomic mass is 9.59. The Kier molecular flexibility index (Phi) is 4.81. The van der Waals surface area contributed by atoms with E-state index in [4.69, 9.17) is 20.8 Å². The average molecular weight is 483 g/mol. The summed E-state index contributed by atoms with van der Waals surface area (Å²) in [5.41, 5.74) is 0.482. The van der Waals surface area contributed by atoms with Gasteiger partial charge in [0.05, 0.1) is 16.4 Å². The van der Waals surface area contributed by atoms with Gasteiger partial charge in [-0.25, -0.2) is 4.79 Å². The molecule has 5 heteroatoms. The van der Waals surface area contributed by atoms with Crippen molar-refractivity contribution in [1.29, 1.82) is 0 Å². The van der Waals surface area contributed by atoms with Gasteiger partial charge in [0, 0.05) is 17.9 Å². The number of halogens is 1. The Morgan fingerprint density at radius 3 is 2.29 bits per heavy atom. The van der Waals surface area contributed by atoms with Crippen LogP contribution in [0.4, 0.5) is 0 Å². The third-order valence-corrected chi connectivity index (χ3v) is 7.39. The van der Waals surface area contributed by atoms with E-state index in [2.05, 4.69) is 13.8 Å². The number of hydrogen-bond donors (Lipinski definition) is 0. The highest BCUT2D eigenvalue weighted by Crippen LogP contribution is 2.57. The number of benzene rings is 3. The predicted octanol–water partition coefficient (Wildman–Crippen LogP) is 6.82. The van der Waals surface area contributed by atoms with Crippen molar-refractivity contribution in [2.45, 2.75) is 32.1 Å². The Morgan fingerprint density at radius 1 is 0.829 bits per heavy atom. The normalized spacial score (nSPS) is 20.8. The lowest BCUT2D eigenvalue weighted by Crippen LogP contribution is -2.46. The molecule has 6 rings (SSSR count). The van der Waals surface area contributed by atoms with Gasteiger partial charge in [-0.15, -0.1) is 0 Å². The molecule has 1 atom stereocenters. The summed E-state index contributed by atoms with van der Waals surface area (Å²) in [6.45, 7) is 4.12. The van der Waals surface area contributed by atoms with Crippen LogP contribution in [0, 0.1) is 5.41 Å². The summed E-state index contributed by atoms with van der Waals surface area (Å²) in [4.78, 5) is 27.8. The van der Waals surface area contributed by atoms with E-state index in [0.29, 0.717) is 51.5 Å². The van der Waals surface area contributed by atoms with Crippen LogP contribution in [0.5, 0.6) is 5.75 Å². The molecule has 174 valence electrons. The van der Waals surface area contributed by atoms with Crippen LogP contribution in [0.25, 0.3) is 11.0 Å². The van der Waals surface area contributed by atoms with Crippen LogP contribution in [0.15, 0.2) is 99.4 Å². The van der Waals surface area contributed by atoms with Gasteiger partial charge >= 0.3 is 5.63 Å². The Labute approximate surface area is 207 Å². The molecule has 0 amide bonds. The summed E-state index contributed by atoms with van der Waals surface area (Å²) in [6.07, 6.45) is 0.892. The van der Waals surface area contributed by atoms with E-state index in [1.54, 1.807) is 12.1 Å². The Balaban J connectivity index is 1.87. The quantitative estimate of drug-likeness (QED) is 0.294. The minimum atomic E-state index is -1.28. The third kappa shape index (κ3) is 3.13. The van der Waals surface area contributed by atoms with Crippen molar-refractivity contribution in [1.82, 2.24) is 0 Å². The van der Waals surface area contributed by atoms with Gasteiger partial charge in [-0.2, -0.15) is 0 Å². The van der Waals surface area contributed by atoms with Crippen molar-refractivity contribution in [3.63, 3.8) is 0 Å². The van der Waals surface area contributed by atoms with Crippen LogP contribution >= 0.6 is 11.6 Å². The fourth-order valence-electron chi connectivity index (χ4n) is 5.74. The molecule has 2 heterocycles. The Morgan fingerprint density at radius 2 is 1.51 bits per heavy atom. The summed E-state index contributed by atoms with van der Waals surface area (Å²) in [5.74, 6) is 0.946. The number of rotatable bonds is 2. The summed E-state index contributed by atoms with van der Waals surface area (Å²) in [7, 11) is 0. The molecule has 0 radical (unpaired) electrons. The van der Waals surface area contributed by atoms with E-state index in [-0.39, 0.29) is 16.8 Å². The van der Waals surface area contributed by atoms with E-state index < -0.39 is 11.0 Å². The molecular formula is C30H23ClO4. The fraction of sp³-hybridized carbons (Fsp3) is 0.200. The maximum Gasteiger partial charge on any atom is 0.344 e. The molecule has 0 fully saturated rings. The van der Waals surface area contributed by atoms with Crippen LogP contribution in [0.1, 0.15) is 43.4 Å². The summed E-state index contributed by atoms with van der Waals surface area (Å²) < 4.78 is 12.4. The van der Waals surface area contributed by atoms with Crippen molar-refractivity contribution in [2.24, 2.45) is 5.41 Å². The number of fused-ring (bicyclic) bond motifs is 3. The zero-order valence-corrected chi connectivity index (χ0v) is 20.2. The number of carbonyl (C=O) groups excluding carboxylic acids is 1. The first-order valence-corrected chi connectivity index (χ1v) is 12.0. The van der Waals surface area contributed by atoms with Gasteiger partial charge < -0.3 is 9.15 Å². The highest BCUT2D eigenvalue weighted by molar-refractivity contribution is 6.31. The molecule has 3 aromatic carbocycles. The van der Waals surface area contributed by atoms with Gasteiger partial charge in [0.25, 0.3) is 0 Å². The molecule has 4 aromatic rings. The van der Waals surface area contributed by atoms with Crippen molar-refractivity contribution in [2.75, 3.05) is 0 Å². The standard InChI is InChI=1S/C30H23ClO4/c1-29(2)16-22(32)25-24(17-29)34-27-19-12-6-9-15-23(19)35-28(33)26(27)30(25,18-10-4-3-5-11-18)20-13-7-8-14-21(20)31/h3-15H,16-17H2,1-2H3. The maximum absolute atomic E-state index is 14.0. The molecule has 0 N–H and O–H groups in total. The second-order valence-electron chi connectivity index (χ2n) is 10.0. The second-order valence-corrected chi connectivity index (χ2v) is 10.4. The first kappa shape index (κ1) is 21.9. The van der Waals surface area contributed by atoms with Crippen LogP contribution in [-0.2, 0) is 10.2 Å². The molecule has 0 spiro atoms. The molecule has 2 aliphatic rings. The highest BCUT2D eigenvalue weighted by atomic mass is 35.5. The first-order chi connectivity index (χ1) is 16.8. The number of Topliss-reactive ketones (excluding diaryl/α,β-unsaturated/α-hetero) is 1. The molecule has 1 unspecified atom stereocenters. The topological polar surface area (TPSA) is 56.5 Å². The molecule has 0 bridgehead atoms. The van der Waals surface area contributed by atoms with Crippen molar-refractivity contribution < 1.29 is 13.9 Å². The summed E-state index contributed by atoms with van der Waals surface area (Å²) in [6, 6.07) is 24.3. The molecule has 0 saturated carbocycles. The number of allylic oxidation sites excluding steroid dienone is 2. The second kappa shape index (κ2) is 7.69. The van der Waals surface area contributed by atoms with Crippen molar-refractivity contribution in [3.05, 3.63) is 122 Å². The molecule has 1 aliphatic heterocycles. The lowest BCUT2D eigenvalue weighted by molar-refractivity contribution is -0.119. The van der Waals surface area contributed by atoms with E-state index in [9.17, 15) is 9.59 Å². The molecular weight excluding hydrogens is 460 g/mol. The van der Waals surface area contributed by atoms with E-state index in [0.717, 1.165) is 5.56 Å². The Hall–Kier alpha value is -3.63. The minimum absolute atomic E-state index is 0.0572. The predicted molar refractivity (Wildman–Crippen MR) is 136 cm³/mol. The minimum Gasteiger partial charge on any atom is -0.460 e. The van der Waals surface area contributed by atoms with E-state index in [1.165, 1.54) is 0 Å². The van der Waals surface area contributed by atoms with E-state index in [1.807, 2.05) is 66.7 Å². The highest BCUT2D eigenvalue weighted by Gasteiger charge is 2.55. The van der Waals surface area contributed by atoms with Gasteiger partial charge in [-0.3, -0.25) is 4.79 Å². The SMILES string of the molecule is CC1(C)CC(=O)C2=C(C1)Oc1c(c(=O)oc3ccccc13)C2(c1ccccc1)c1ccccc1Cl. The third-order valence-electron chi connectivity index (χ3n) is 7.06. The fourth-order valence-corrected chi connectivity index (χ4v) is 6.01. The molecule has 0 saturated heterocycles. The van der Waals surface area contributed by atoms with E-state index >= 15 is 0 Å². The number of ether oxygens (including phenoxy) is 1. The Bertz CT molecular complexity index is 1600. The van der Waals surface area contributed by atoms with Crippen LogP contribution in [-0.4, -0.2) is 5.78 Å².